The highest BCUT2D eigenvalue weighted by Gasteiger charge is 2.11. The summed E-state index contributed by atoms with van der Waals surface area (Å²) in [5.41, 5.74) is 7.83. The fraction of sp³-hybridized carbons (Fsp3) is 0.176. The van der Waals surface area contributed by atoms with Crippen LogP contribution < -0.4 is 5.73 Å². The lowest BCUT2D eigenvalue weighted by molar-refractivity contribution is -0.0536. The van der Waals surface area contributed by atoms with Gasteiger partial charge in [-0.05, 0) is 42.7 Å². The number of hydroxylamine groups is 2. The molecule has 118 valence electrons. The summed E-state index contributed by atoms with van der Waals surface area (Å²) in [4.78, 5) is 14.9. The highest BCUT2D eigenvalue weighted by Crippen LogP contribution is 2.14. The standard InChI is InChI=1S/C17H16ClN3O2/c1-12(21(23)17(19)22)5-6-13-3-2-4-14(7-13)8-15-9-16(18)11-20-10-15/h2-4,7,9-12,23H,8H2,1H3,(H2,19,22). The molecule has 0 radical (unpaired) electrons. The number of hydrogen-bond acceptors (Lipinski definition) is 3. The molecule has 1 heterocycles. The summed E-state index contributed by atoms with van der Waals surface area (Å²) in [5, 5.41) is 10.4. The van der Waals surface area contributed by atoms with Gasteiger partial charge in [0, 0.05) is 18.0 Å². The minimum absolute atomic E-state index is 0.397. The van der Waals surface area contributed by atoms with Crippen molar-refractivity contribution in [2.75, 3.05) is 0 Å². The third kappa shape index (κ3) is 4.99. The van der Waals surface area contributed by atoms with Gasteiger partial charge in [0.1, 0.15) is 6.04 Å². The molecule has 0 saturated carbocycles. The van der Waals surface area contributed by atoms with Gasteiger partial charge in [0.25, 0.3) is 0 Å². The number of amides is 2. The van der Waals surface area contributed by atoms with E-state index >= 15 is 0 Å². The largest absolute Gasteiger partial charge is 0.350 e. The van der Waals surface area contributed by atoms with Crippen LogP contribution >= 0.6 is 11.6 Å². The lowest BCUT2D eigenvalue weighted by Gasteiger charge is -2.14. The molecule has 0 aliphatic heterocycles. The van der Waals surface area contributed by atoms with E-state index in [0.29, 0.717) is 16.5 Å². The van der Waals surface area contributed by atoms with Crippen LogP contribution in [0.1, 0.15) is 23.6 Å². The van der Waals surface area contributed by atoms with Gasteiger partial charge in [-0.2, -0.15) is 5.06 Å². The number of aromatic nitrogens is 1. The number of carbonyl (C=O) groups is 1. The van der Waals surface area contributed by atoms with Gasteiger partial charge in [-0.3, -0.25) is 10.2 Å². The Balaban J connectivity index is 2.13. The number of benzene rings is 1. The van der Waals surface area contributed by atoms with E-state index in [1.54, 1.807) is 19.3 Å². The van der Waals surface area contributed by atoms with Gasteiger partial charge in [0.15, 0.2) is 0 Å². The minimum atomic E-state index is -0.936. The predicted molar refractivity (Wildman–Crippen MR) is 88.0 cm³/mol. The van der Waals surface area contributed by atoms with Crippen molar-refractivity contribution in [2.45, 2.75) is 19.4 Å². The van der Waals surface area contributed by atoms with Crippen LogP contribution in [-0.4, -0.2) is 27.3 Å². The van der Waals surface area contributed by atoms with Gasteiger partial charge in [-0.1, -0.05) is 35.6 Å². The summed E-state index contributed by atoms with van der Waals surface area (Å²) in [5.74, 6) is 5.69. The molecule has 1 atom stereocenters. The van der Waals surface area contributed by atoms with E-state index in [2.05, 4.69) is 16.8 Å². The Hall–Kier alpha value is -2.55. The Morgan fingerprint density at radius 2 is 2.17 bits per heavy atom. The molecule has 1 aromatic carbocycles. The van der Waals surface area contributed by atoms with Crippen molar-refractivity contribution in [2.24, 2.45) is 5.73 Å². The number of hydrogen-bond donors (Lipinski definition) is 2. The molecule has 2 aromatic rings. The Morgan fingerprint density at radius 3 is 2.87 bits per heavy atom. The number of rotatable bonds is 3. The molecule has 0 aliphatic rings. The molecule has 3 N–H and O–H groups in total. The van der Waals surface area contributed by atoms with Gasteiger partial charge in [0.2, 0.25) is 0 Å². The summed E-state index contributed by atoms with van der Waals surface area (Å²) < 4.78 is 0. The fourth-order valence-corrected chi connectivity index (χ4v) is 2.18. The Kier molecular flexibility index (Phi) is 5.58. The predicted octanol–water partition coefficient (Wildman–Crippen LogP) is 2.84. The lowest BCUT2D eigenvalue weighted by Crippen LogP contribution is -2.38. The summed E-state index contributed by atoms with van der Waals surface area (Å²) in [6, 6.07) is 7.91. The van der Waals surface area contributed by atoms with Gasteiger partial charge < -0.3 is 5.73 Å². The Morgan fingerprint density at radius 1 is 1.39 bits per heavy atom. The third-order valence-corrected chi connectivity index (χ3v) is 3.32. The second kappa shape index (κ2) is 7.63. The Bertz CT molecular complexity index is 768. The maximum absolute atomic E-state index is 10.9. The van der Waals surface area contributed by atoms with Crippen molar-refractivity contribution in [1.29, 1.82) is 0 Å². The molecule has 1 unspecified atom stereocenters. The van der Waals surface area contributed by atoms with E-state index in [1.165, 1.54) is 0 Å². The summed E-state index contributed by atoms with van der Waals surface area (Å²) in [6.45, 7) is 1.58. The van der Waals surface area contributed by atoms with Crippen LogP contribution in [-0.2, 0) is 6.42 Å². The molecule has 23 heavy (non-hydrogen) atoms. The molecular weight excluding hydrogens is 314 g/mol. The number of urea groups is 1. The van der Waals surface area contributed by atoms with Crippen molar-refractivity contribution in [3.63, 3.8) is 0 Å². The quantitative estimate of drug-likeness (QED) is 0.516. The zero-order valence-corrected chi connectivity index (χ0v) is 13.3. The van der Waals surface area contributed by atoms with Crippen LogP contribution in [0.5, 0.6) is 0 Å². The first-order valence-electron chi connectivity index (χ1n) is 6.93. The molecule has 0 aliphatic carbocycles. The van der Waals surface area contributed by atoms with Gasteiger partial charge in [-0.15, -0.1) is 0 Å². The van der Waals surface area contributed by atoms with E-state index in [4.69, 9.17) is 17.3 Å². The average molecular weight is 330 g/mol. The van der Waals surface area contributed by atoms with Crippen LogP contribution in [0.4, 0.5) is 4.79 Å². The smallest absolute Gasteiger partial charge is 0.339 e. The number of carbonyl (C=O) groups excluding carboxylic acids is 1. The van der Waals surface area contributed by atoms with Crippen molar-refractivity contribution >= 4 is 17.6 Å². The number of nitrogens with two attached hydrogens (primary N) is 1. The van der Waals surface area contributed by atoms with Crippen molar-refractivity contribution in [3.05, 3.63) is 64.4 Å². The second-order valence-corrected chi connectivity index (χ2v) is 5.45. The lowest BCUT2D eigenvalue weighted by atomic mass is 10.0. The van der Waals surface area contributed by atoms with Crippen LogP contribution in [0.2, 0.25) is 5.02 Å². The third-order valence-electron chi connectivity index (χ3n) is 3.11. The van der Waals surface area contributed by atoms with Crippen LogP contribution in [0, 0.1) is 11.8 Å². The number of primary amides is 1. The SMILES string of the molecule is CC(C#Cc1cccc(Cc2cncc(Cl)c2)c1)N(O)C(N)=O. The highest BCUT2D eigenvalue weighted by molar-refractivity contribution is 6.30. The van der Waals surface area contributed by atoms with E-state index < -0.39 is 12.1 Å². The van der Waals surface area contributed by atoms with Gasteiger partial charge >= 0.3 is 6.03 Å². The van der Waals surface area contributed by atoms with Crippen molar-refractivity contribution in [1.82, 2.24) is 10.0 Å². The first-order valence-corrected chi connectivity index (χ1v) is 7.31. The molecule has 5 nitrogen and oxygen atoms in total. The molecule has 2 amide bonds. The van der Waals surface area contributed by atoms with Gasteiger partial charge in [0.05, 0.1) is 5.02 Å². The Labute approximate surface area is 139 Å². The molecule has 0 bridgehead atoms. The number of halogens is 1. The van der Waals surface area contributed by atoms with Crippen LogP contribution in [0.3, 0.4) is 0 Å². The molecule has 1 aromatic heterocycles. The van der Waals surface area contributed by atoms with Crippen molar-refractivity contribution in [3.8, 4) is 11.8 Å². The fourth-order valence-electron chi connectivity index (χ4n) is 1.99. The molecule has 0 spiro atoms. The zero-order valence-electron chi connectivity index (χ0n) is 12.5. The van der Waals surface area contributed by atoms with Crippen molar-refractivity contribution < 1.29 is 10.0 Å². The molecule has 0 saturated heterocycles. The van der Waals surface area contributed by atoms with E-state index in [-0.39, 0.29) is 0 Å². The van der Waals surface area contributed by atoms with Crippen LogP contribution in [0.15, 0.2) is 42.7 Å². The molecule has 0 fully saturated rings. The maximum Gasteiger partial charge on any atom is 0.339 e. The topological polar surface area (TPSA) is 79.4 Å². The molecular formula is C17H16ClN3O2. The second-order valence-electron chi connectivity index (χ2n) is 5.02. The van der Waals surface area contributed by atoms with Crippen LogP contribution in [0.25, 0.3) is 0 Å². The van der Waals surface area contributed by atoms with E-state index in [1.807, 2.05) is 30.3 Å². The number of nitrogens with zero attached hydrogens (tertiary/aromatic N) is 2. The zero-order chi connectivity index (χ0) is 16.8. The van der Waals surface area contributed by atoms with E-state index in [9.17, 15) is 10.0 Å². The molecule has 2 rings (SSSR count). The summed E-state index contributed by atoms with van der Waals surface area (Å²) >= 11 is 5.93. The molecule has 6 heteroatoms. The monoisotopic (exact) mass is 329 g/mol. The number of pyridine rings is 1. The normalized spacial score (nSPS) is 11.3. The highest BCUT2D eigenvalue weighted by atomic mass is 35.5. The maximum atomic E-state index is 10.9. The van der Waals surface area contributed by atoms with Gasteiger partial charge in [-0.25, -0.2) is 4.79 Å². The van der Waals surface area contributed by atoms with E-state index in [0.717, 1.165) is 16.7 Å². The first kappa shape index (κ1) is 16.8. The summed E-state index contributed by atoms with van der Waals surface area (Å²) in [7, 11) is 0. The average Bonchev–Trinajstić information content (AvgIpc) is 2.52. The first-order chi connectivity index (χ1) is 11.0. The summed E-state index contributed by atoms with van der Waals surface area (Å²) in [6.07, 6.45) is 4.04. The minimum Gasteiger partial charge on any atom is -0.350 e.